The van der Waals surface area contributed by atoms with E-state index in [9.17, 15) is 14.4 Å². The van der Waals surface area contributed by atoms with Gasteiger partial charge in [0.15, 0.2) is 0 Å². The number of likely N-dealkylation sites (N-methyl/N-ethyl adjacent to an activating group) is 1. The molecular formula is C16H21N5O5. The van der Waals surface area contributed by atoms with Gasteiger partial charge in [-0.15, -0.1) is 0 Å². The van der Waals surface area contributed by atoms with Crippen LogP contribution in [0.3, 0.4) is 0 Å². The predicted octanol–water partition coefficient (Wildman–Crippen LogP) is -0.251. The van der Waals surface area contributed by atoms with E-state index < -0.39 is 17.8 Å². The normalized spacial score (nSPS) is 20.5. The van der Waals surface area contributed by atoms with Crippen LogP contribution < -0.4 is 9.47 Å². The molecule has 0 saturated carbocycles. The van der Waals surface area contributed by atoms with Crippen LogP contribution in [0.4, 0.5) is 4.79 Å². The Kier molecular flexibility index (Phi) is 5.19. The summed E-state index contributed by atoms with van der Waals surface area (Å²) < 4.78 is 10.9. The number of ether oxygens (including phenoxy) is 2. The Balaban J connectivity index is 1.61. The Bertz CT molecular complexity index is 712. The molecule has 2 aliphatic heterocycles. The number of likely N-dealkylation sites (tertiary alicyclic amines) is 1. The van der Waals surface area contributed by atoms with Gasteiger partial charge >= 0.3 is 17.8 Å². The van der Waals surface area contributed by atoms with Crippen molar-refractivity contribution in [3.05, 3.63) is 12.4 Å². The van der Waals surface area contributed by atoms with E-state index in [0.717, 1.165) is 4.90 Å². The van der Waals surface area contributed by atoms with Gasteiger partial charge in [-0.2, -0.15) is 0 Å². The standard InChI is InChI=1S/C16H21N5O5/c1-3-19-8-9-21(15(23)14(19)22)16(24)20-7-4-11(10-20)26-13-12(25-2)17-5-6-18-13/h5-6,11H,3-4,7-10H2,1-2H3. The lowest BCUT2D eigenvalue weighted by Crippen LogP contribution is -2.58. The molecule has 0 radical (unpaired) electrons. The first-order valence-corrected chi connectivity index (χ1v) is 8.46. The van der Waals surface area contributed by atoms with Crippen LogP contribution >= 0.6 is 0 Å². The van der Waals surface area contributed by atoms with Crippen LogP contribution in [-0.2, 0) is 9.59 Å². The highest BCUT2D eigenvalue weighted by molar-refractivity contribution is 6.38. The second-order valence-electron chi connectivity index (χ2n) is 5.97. The number of amides is 4. The molecule has 10 nitrogen and oxygen atoms in total. The molecule has 2 fully saturated rings. The zero-order chi connectivity index (χ0) is 18.7. The maximum Gasteiger partial charge on any atom is 0.327 e. The van der Waals surface area contributed by atoms with Crippen molar-refractivity contribution in [3.63, 3.8) is 0 Å². The van der Waals surface area contributed by atoms with E-state index in [0.29, 0.717) is 32.6 Å². The van der Waals surface area contributed by atoms with Gasteiger partial charge in [-0.05, 0) is 6.92 Å². The van der Waals surface area contributed by atoms with Gasteiger partial charge < -0.3 is 19.3 Å². The van der Waals surface area contributed by atoms with E-state index >= 15 is 0 Å². The topological polar surface area (TPSA) is 105 Å². The average Bonchev–Trinajstić information content (AvgIpc) is 3.12. The third-order valence-corrected chi connectivity index (χ3v) is 4.44. The highest BCUT2D eigenvalue weighted by atomic mass is 16.5. The monoisotopic (exact) mass is 363 g/mol. The number of hydrogen-bond donors (Lipinski definition) is 0. The van der Waals surface area contributed by atoms with E-state index in [1.807, 2.05) is 0 Å². The minimum Gasteiger partial charge on any atom is -0.477 e. The van der Waals surface area contributed by atoms with Crippen LogP contribution in [0.25, 0.3) is 0 Å². The van der Waals surface area contributed by atoms with Gasteiger partial charge in [0.05, 0.1) is 13.7 Å². The molecule has 0 aromatic carbocycles. The Labute approximate surface area is 150 Å². The van der Waals surface area contributed by atoms with Crippen LogP contribution in [0.5, 0.6) is 11.8 Å². The number of imide groups is 1. The fourth-order valence-corrected chi connectivity index (χ4v) is 3.02. The summed E-state index contributed by atoms with van der Waals surface area (Å²) in [6.45, 7) is 3.54. The summed E-state index contributed by atoms with van der Waals surface area (Å²) in [5.41, 5.74) is 0. The third kappa shape index (κ3) is 3.39. The van der Waals surface area contributed by atoms with Crippen LogP contribution in [0.15, 0.2) is 12.4 Å². The van der Waals surface area contributed by atoms with Crippen molar-refractivity contribution in [2.75, 3.05) is 39.8 Å². The first-order chi connectivity index (χ1) is 12.5. The minimum atomic E-state index is -0.775. The zero-order valence-electron chi connectivity index (χ0n) is 14.8. The van der Waals surface area contributed by atoms with Crippen molar-refractivity contribution >= 4 is 17.8 Å². The lowest BCUT2D eigenvalue weighted by Gasteiger charge is -2.33. The van der Waals surface area contributed by atoms with Gasteiger partial charge in [-0.25, -0.2) is 14.8 Å². The van der Waals surface area contributed by atoms with E-state index in [4.69, 9.17) is 9.47 Å². The summed E-state index contributed by atoms with van der Waals surface area (Å²) in [6.07, 6.45) is 3.29. The Morgan fingerprint density at radius 3 is 2.58 bits per heavy atom. The quantitative estimate of drug-likeness (QED) is 0.679. The van der Waals surface area contributed by atoms with Gasteiger partial charge in [0, 0.05) is 45.0 Å². The fourth-order valence-electron chi connectivity index (χ4n) is 3.02. The molecule has 4 amide bonds. The molecule has 1 unspecified atom stereocenters. The molecule has 0 N–H and O–H groups in total. The van der Waals surface area contributed by atoms with Gasteiger partial charge in [0.1, 0.15) is 6.10 Å². The van der Waals surface area contributed by atoms with Crippen LogP contribution in [0.1, 0.15) is 13.3 Å². The highest BCUT2D eigenvalue weighted by Crippen LogP contribution is 2.24. The second kappa shape index (κ2) is 7.54. The molecule has 1 atom stereocenters. The molecule has 1 aromatic rings. The van der Waals surface area contributed by atoms with Crippen molar-refractivity contribution in [1.29, 1.82) is 0 Å². The summed E-state index contributed by atoms with van der Waals surface area (Å²) in [7, 11) is 1.47. The molecule has 1 aromatic heterocycles. The number of carbonyl (C=O) groups excluding carboxylic acids is 3. The van der Waals surface area contributed by atoms with Crippen molar-refractivity contribution in [2.45, 2.75) is 19.4 Å². The maximum atomic E-state index is 12.6. The fraction of sp³-hybridized carbons (Fsp3) is 0.562. The first kappa shape index (κ1) is 17.9. The maximum absolute atomic E-state index is 12.6. The number of nitrogens with zero attached hydrogens (tertiary/aromatic N) is 5. The molecule has 3 heterocycles. The third-order valence-electron chi connectivity index (χ3n) is 4.44. The van der Waals surface area contributed by atoms with Crippen molar-refractivity contribution < 1.29 is 23.9 Å². The molecule has 3 rings (SSSR count). The Hall–Kier alpha value is -2.91. The summed E-state index contributed by atoms with van der Waals surface area (Å²) >= 11 is 0. The number of rotatable bonds is 4. The number of urea groups is 1. The largest absolute Gasteiger partial charge is 0.477 e. The smallest absolute Gasteiger partial charge is 0.327 e. The molecular weight excluding hydrogens is 342 g/mol. The molecule has 140 valence electrons. The molecule has 26 heavy (non-hydrogen) atoms. The van der Waals surface area contributed by atoms with Gasteiger partial charge in [0.25, 0.3) is 11.8 Å². The number of piperazine rings is 1. The number of carbonyl (C=O) groups is 3. The van der Waals surface area contributed by atoms with E-state index in [2.05, 4.69) is 9.97 Å². The summed E-state index contributed by atoms with van der Waals surface area (Å²) in [5.74, 6) is -0.877. The average molecular weight is 363 g/mol. The molecule has 2 aliphatic rings. The lowest BCUT2D eigenvalue weighted by atomic mass is 10.3. The van der Waals surface area contributed by atoms with Gasteiger partial charge in [0.2, 0.25) is 0 Å². The Morgan fingerprint density at radius 1 is 1.15 bits per heavy atom. The summed E-state index contributed by atoms with van der Waals surface area (Å²) in [5, 5.41) is 0. The molecule has 10 heteroatoms. The molecule has 2 saturated heterocycles. The summed E-state index contributed by atoms with van der Waals surface area (Å²) in [6, 6.07) is -0.462. The van der Waals surface area contributed by atoms with E-state index in [1.165, 1.54) is 29.3 Å². The minimum absolute atomic E-state index is 0.206. The molecule has 0 spiro atoms. The number of methoxy groups -OCH3 is 1. The van der Waals surface area contributed by atoms with E-state index in [-0.39, 0.29) is 24.4 Å². The van der Waals surface area contributed by atoms with Crippen molar-refractivity contribution in [3.8, 4) is 11.8 Å². The summed E-state index contributed by atoms with van der Waals surface area (Å²) in [4.78, 5) is 48.8. The highest BCUT2D eigenvalue weighted by Gasteiger charge is 2.39. The number of hydrogen-bond acceptors (Lipinski definition) is 7. The van der Waals surface area contributed by atoms with Gasteiger partial charge in [-0.3, -0.25) is 14.5 Å². The zero-order valence-corrected chi connectivity index (χ0v) is 14.8. The van der Waals surface area contributed by atoms with Crippen molar-refractivity contribution in [2.24, 2.45) is 0 Å². The van der Waals surface area contributed by atoms with Crippen LogP contribution in [0, 0.1) is 0 Å². The number of aromatic nitrogens is 2. The van der Waals surface area contributed by atoms with E-state index in [1.54, 1.807) is 6.92 Å². The van der Waals surface area contributed by atoms with Crippen LogP contribution in [0.2, 0.25) is 0 Å². The first-order valence-electron chi connectivity index (χ1n) is 8.46. The van der Waals surface area contributed by atoms with Gasteiger partial charge in [-0.1, -0.05) is 0 Å². The van der Waals surface area contributed by atoms with Crippen molar-refractivity contribution in [1.82, 2.24) is 24.7 Å². The molecule has 0 bridgehead atoms. The molecule has 0 aliphatic carbocycles. The van der Waals surface area contributed by atoms with Crippen LogP contribution in [-0.4, -0.2) is 88.5 Å². The Morgan fingerprint density at radius 2 is 1.88 bits per heavy atom. The second-order valence-corrected chi connectivity index (χ2v) is 5.97. The predicted molar refractivity (Wildman–Crippen MR) is 88.6 cm³/mol. The SMILES string of the molecule is CCN1CCN(C(=O)N2CCC(Oc3nccnc3OC)C2)C(=O)C1=O. The lowest BCUT2D eigenvalue weighted by molar-refractivity contribution is -0.153.